The zero-order valence-electron chi connectivity index (χ0n) is 10.4. The Balaban J connectivity index is 1.90. The number of amides is 1. The number of anilines is 1. The van der Waals surface area contributed by atoms with Crippen molar-refractivity contribution in [1.82, 2.24) is 10.2 Å². The van der Waals surface area contributed by atoms with Gasteiger partial charge in [0.25, 0.3) is 5.91 Å². The van der Waals surface area contributed by atoms with E-state index in [0.29, 0.717) is 24.3 Å². The number of carbonyl (C=O) groups excluding carboxylic acids is 1. The number of hydrogen-bond acceptors (Lipinski definition) is 4. The van der Waals surface area contributed by atoms with E-state index in [9.17, 15) is 13.6 Å². The van der Waals surface area contributed by atoms with Crippen LogP contribution in [0.25, 0.3) is 0 Å². The zero-order chi connectivity index (χ0) is 14.5. The highest BCUT2D eigenvalue weighted by molar-refractivity contribution is 5.90. The van der Waals surface area contributed by atoms with Crippen LogP contribution in [0.4, 0.5) is 14.6 Å². The summed E-state index contributed by atoms with van der Waals surface area (Å²) in [5, 5.41) is 10.3. The van der Waals surface area contributed by atoms with E-state index in [0.717, 1.165) is 6.07 Å². The Labute approximate surface area is 113 Å². The molecule has 1 amide bonds. The van der Waals surface area contributed by atoms with Crippen LogP contribution in [-0.2, 0) is 6.42 Å². The average molecular weight is 278 g/mol. The molecular formula is C13H12F2N4O. The Kier molecular flexibility index (Phi) is 4.19. The first-order valence-corrected chi connectivity index (χ1v) is 5.87. The Hall–Kier alpha value is -2.57. The van der Waals surface area contributed by atoms with E-state index in [1.807, 2.05) is 0 Å². The highest BCUT2D eigenvalue weighted by Gasteiger charge is 2.03. The molecule has 0 spiro atoms. The molecule has 5 nitrogen and oxygen atoms in total. The van der Waals surface area contributed by atoms with E-state index >= 15 is 0 Å². The van der Waals surface area contributed by atoms with Crippen molar-refractivity contribution in [2.45, 2.75) is 6.42 Å². The summed E-state index contributed by atoms with van der Waals surface area (Å²) < 4.78 is 25.9. The van der Waals surface area contributed by atoms with Crippen molar-refractivity contribution >= 4 is 11.7 Å². The van der Waals surface area contributed by atoms with Gasteiger partial charge in [0.05, 0.1) is 0 Å². The molecule has 1 aromatic heterocycles. The highest BCUT2D eigenvalue weighted by Crippen LogP contribution is 2.09. The van der Waals surface area contributed by atoms with Crippen LogP contribution in [0.1, 0.15) is 16.1 Å². The standard InChI is InChI=1S/C13H12F2N4O/c14-9-5-8(6-10(15)7-9)3-4-17-12-2-1-11(13(16)20)18-19-12/h1-2,5-7H,3-4H2,(H2,16,20)(H,17,19). The SMILES string of the molecule is NC(=O)c1ccc(NCCc2cc(F)cc(F)c2)nn1. The number of nitrogens with zero attached hydrogens (tertiary/aromatic N) is 2. The van der Waals surface area contributed by atoms with Gasteiger partial charge in [0.2, 0.25) is 0 Å². The minimum Gasteiger partial charge on any atom is -0.368 e. The molecule has 0 aliphatic rings. The van der Waals surface area contributed by atoms with Crippen molar-refractivity contribution in [2.24, 2.45) is 5.73 Å². The van der Waals surface area contributed by atoms with Crippen LogP contribution in [0.15, 0.2) is 30.3 Å². The number of benzene rings is 1. The lowest BCUT2D eigenvalue weighted by atomic mass is 10.1. The van der Waals surface area contributed by atoms with E-state index in [1.165, 1.54) is 18.2 Å². The lowest BCUT2D eigenvalue weighted by molar-refractivity contribution is 0.0994. The third-order valence-corrected chi connectivity index (χ3v) is 2.56. The first-order valence-electron chi connectivity index (χ1n) is 5.87. The summed E-state index contributed by atoms with van der Waals surface area (Å²) in [4.78, 5) is 10.8. The summed E-state index contributed by atoms with van der Waals surface area (Å²) in [6.07, 6.45) is 0.425. The fourth-order valence-electron chi connectivity index (χ4n) is 1.65. The Morgan fingerprint density at radius 3 is 2.40 bits per heavy atom. The average Bonchev–Trinajstić information content (AvgIpc) is 2.38. The van der Waals surface area contributed by atoms with Crippen molar-refractivity contribution in [3.63, 3.8) is 0 Å². The maximum absolute atomic E-state index is 13.0. The smallest absolute Gasteiger partial charge is 0.269 e. The van der Waals surface area contributed by atoms with Crippen LogP contribution >= 0.6 is 0 Å². The van der Waals surface area contributed by atoms with E-state index in [-0.39, 0.29) is 5.69 Å². The van der Waals surface area contributed by atoms with Gasteiger partial charge in [0.1, 0.15) is 17.5 Å². The van der Waals surface area contributed by atoms with Crippen molar-refractivity contribution < 1.29 is 13.6 Å². The molecule has 0 saturated heterocycles. The number of nitrogens with two attached hydrogens (primary N) is 1. The quantitative estimate of drug-likeness (QED) is 0.868. The predicted octanol–water partition coefficient (Wildman–Crippen LogP) is 1.51. The van der Waals surface area contributed by atoms with Gasteiger partial charge >= 0.3 is 0 Å². The number of primary amides is 1. The first-order chi connectivity index (χ1) is 9.54. The van der Waals surface area contributed by atoms with Gasteiger partial charge in [-0.25, -0.2) is 8.78 Å². The third kappa shape index (κ3) is 3.71. The van der Waals surface area contributed by atoms with Crippen molar-refractivity contribution in [3.05, 3.63) is 53.2 Å². The van der Waals surface area contributed by atoms with Crippen LogP contribution in [0, 0.1) is 11.6 Å². The fourth-order valence-corrected chi connectivity index (χ4v) is 1.65. The molecule has 0 bridgehead atoms. The van der Waals surface area contributed by atoms with Crippen LogP contribution in [0.3, 0.4) is 0 Å². The topological polar surface area (TPSA) is 80.9 Å². The van der Waals surface area contributed by atoms with Crippen molar-refractivity contribution in [1.29, 1.82) is 0 Å². The van der Waals surface area contributed by atoms with E-state index in [2.05, 4.69) is 15.5 Å². The Bertz CT molecular complexity index is 596. The summed E-state index contributed by atoms with van der Waals surface area (Å²) >= 11 is 0. The normalized spacial score (nSPS) is 10.3. The number of aromatic nitrogens is 2. The predicted molar refractivity (Wildman–Crippen MR) is 69.1 cm³/mol. The lowest BCUT2D eigenvalue weighted by Gasteiger charge is -2.05. The summed E-state index contributed by atoms with van der Waals surface area (Å²) in [5.41, 5.74) is 5.65. The molecule has 104 valence electrons. The second-order valence-corrected chi connectivity index (χ2v) is 4.12. The molecule has 0 aliphatic carbocycles. The Morgan fingerprint density at radius 1 is 1.15 bits per heavy atom. The molecular weight excluding hydrogens is 266 g/mol. The van der Waals surface area contributed by atoms with Gasteiger partial charge in [0, 0.05) is 12.6 Å². The molecule has 1 aromatic carbocycles. The molecule has 2 rings (SSSR count). The molecule has 0 saturated carbocycles. The van der Waals surface area contributed by atoms with Crippen molar-refractivity contribution in [2.75, 3.05) is 11.9 Å². The van der Waals surface area contributed by atoms with E-state index < -0.39 is 17.5 Å². The van der Waals surface area contributed by atoms with Gasteiger partial charge in [-0.2, -0.15) is 0 Å². The molecule has 0 atom stereocenters. The van der Waals surface area contributed by atoms with Gasteiger partial charge < -0.3 is 11.1 Å². The van der Waals surface area contributed by atoms with Crippen LogP contribution in [-0.4, -0.2) is 22.6 Å². The molecule has 0 radical (unpaired) electrons. The highest BCUT2D eigenvalue weighted by atomic mass is 19.1. The number of hydrogen-bond donors (Lipinski definition) is 2. The van der Waals surface area contributed by atoms with Crippen LogP contribution in [0.5, 0.6) is 0 Å². The lowest BCUT2D eigenvalue weighted by Crippen LogP contribution is -2.14. The molecule has 3 N–H and O–H groups in total. The third-order valence-electron chi connectivity index (χ3n) is 2.56. The largest absolute Gasteiger partial charge is 0.368 e. The van der Waals surface area contributed by atoms with Gasteiger partial charge in [-0.1, -0.05) is 0 Å². The maximum atomic E-state index is 13.0. The zero-order valence-corrected chi connectivity index (χ0v) is 10.4. The molecule has 0 aliphatic heterocycles. The number of nitrogens with one attached hydrogen (secondary N) is 1. The molecule has 0 fully saturated rings. The minimum absolute atomic E-state index is 0.0720. The number of rotatable bonds is 5. The molecule has 2 aromatic rings. The monoisotopic (exact) mass is 278 g/mol. The fraction of sp³-hybridized carbons (Fsp3) is 0.154. The summed E-state index contributed by atoms with van der Waals surface area (Å²) in [7, 11) is 0. The van der Waals surface area contributed by atoms with E-state index in [4.69, 9.17) is 5.73 Å². The molecule has 0 unspecified atom stereocenters. The Morgan fingerprint density at radius 2 is 1.85 bits per heavy atom. The first kappa shape index (κ1) is 13.9. The van der Waals surface area contributed by atoms with Gasteiger partial charge in [-0.05, 0) is 36.2 Å². The second-order valence-electron chi connectivity index (χ2n) is 4.12. The number of halogens is 2. The summed E-state index contributed by atoms with van der Waals surface area (Å²) in [6, 6.07) is 6.36. The van der Waals surface area contributed by atoms with Crippen molar-refractivity contribution in [3.8, 4) is 0 Å². The van der Waals surface area contributed by atoms with Gasteiger partial charge in [-0.15, -0.1) is 10.2 Å². The number of carbonyl (C=O) groups is 1. The summed E-state index contributed by atoms with van der Waals surface area (Å²) in [6.45, 7) is 0.424. The van der Waals surface area contributed by atoms with Crippen LogP contribution in [0.2, 0.25) is 0 Å². The second kappa shape index (κ2) is 6.05. The molecule has 7 heteroatoms. The van der Waals surface area contributed by atoms with E-state index in [1.54, 1.807) is 6.07 Å². The molecule has 20 heavy (non-hydrogen) atoms. The molecule has 1 heterocycles. The maximum Gasteiger partial charge on any atom is 0.269 e. The van der Waals surface area contributed by atoms with Crippen LogP contribution < -0.4 is 11.1 Å². The van der Waals surface area contributed by atoms with Gasteiger partial charge in [-0.3, -0.25) is 4.79 Å². The van der Waals surface area contributed by atoms with Gasteiger partial charge in [0.15, 0.2) is 5.69 Å². The minimum atomic E-state index is -0.653. The summed E-state index contributed by atoms with van der Waals surface area (Å²) in [5.74, 6) is -1.41.